The van der Waals surface area contributed by atoms with E-state index in [-0.39, 0.29) is 6.03 Å². The Morgan fingerprint density at radius 2 is 1.47 bits per heavy atom. The molecule has 0 atom stereocenters. The zero-order chi connectivity index (χ0) is 12.8. The number of likely N-dealkylation sites (tertiary alicyclic amines) is 1. The van der Waals surface area contributed by atoms with E-state index in [0.717, 1.165) is 26.2 Å². The van der Waals surface area contributed by atoms with E-state index >= 15 is 0 Å². The number of rotatable bonds is 4. The van der Waals surface area contributed by atoms with Gasteiger partial charge in [-0.15, -0.1) is 0 Å². The summed E-state index contributed by atoms with van der Waals surface area (Å²) in [6.45, 7) is 12.4. The van der Waals surface area contributed by atoms with Gasteiger partial charge in [-0.2, -0.15) is 0 Å². The quantitative estimate of drug-likeness (QED) is 0.740. The zero-order valence-electron chi connectivity index (χ0n) is 11.9. The van der Waals surface area contributed by atoms with E-state index in [2.05, 4.69) is 27.7 Å². The minimum Gasteiger partial charge on any atom is -0.325 e. The third-order valence-corrected chi connectivity index (χ3v) is 3.07. The molecule has 0 aliphatic carbocycles. The van der Waals surface area contributed by atoms with E-state index in [1.807, 2.05) is 9.80 Å². The Morgan fingerprint density at radius 1 is 1.00 bits per heavy atom. The summed E-state index contributed by atoms with van der Waals surface area (Å²) < 4.78 is 0. The van der Waals surface area contributed by atoms with Crippen LogP contribution in [-0.4, -0.2) is 42.0 Å². The molecule has 3 nitrogen and oxygen atoms in total. The molecule has 2 amide bonds. The van der Waals surface area contributed by atoms with Crippen LogP contribution in [0.1, 0.15) is 47.0 Å². The summed E-state index contributed by atoms with van der Waals surface area (Å²) in [6.07, 6.45) is 3.62. The highest BCUT2D eigenvalue weighted by atomic mass is 16.2. The monoisotopic (exact) mass is 240 g/mol. The molecule has 0 aromatic heterocycles. The van der Waals surface area contributed by atoms with Crippen molar-refractivity contribution in [1.29, 1.82) is 0 Å². The van der Waals surface area contributed by atoms with Gasteiger partial charge in [-0.05, 0) is 31.1 Å². The highest BCUT2D eigenvalue weighted by Gasteiger charge is 2.23. The highest BCUT2D eigenvalue weighted by Crippen LogP contribution is 2.13. The fourth-order valence-corrected chi connectivity index (χ4v) is 2.40. The third kappa shape index (κ3) is 4.97. The molecule has 0 saturated carbocycles. The summed E-state index contributed by atoms with van der Waals surface area (Å²) in [5.41, 5.74) is 0. The summed E-state index contributed by atoms with van der Waals surface area (Å²) in [6, 6.07) is 0.257. The minimum absolute atomic E-state index is 0.257. The molecule has 0 aromatic carbocycles. The second-order valence-electron chi connectivity index (χ2n) is 6.02. The van der Waals surface area contributed by atoms with Crippen LogP contribution in [0.3, 0.4) is 0 Å². The molecule has 0 spiro atoms. The molecule has 1 aliphatic heterocycles. The molecular weight excluding hydrogens is 212 g/mol. The molecule has 100 valence electrons. The smallest absolute Gasteiger partial charge is 0.320 e. The van der Waals surface area contributed by atoms with Crippen molar-refractivity contribution < 1.29 is 4.79 Å². The lowest BCUT2D eigenvalue weighted by Gasteiger charge is -2.34. The second kappa shape index (κ2) is 6.87. The van der Waals surface area contributed by atoms with Crippen LogP contribution >= 0.6 is 0 Å². The lowest BCUT2D eigenvalue weighted by atomic mass is 10.1. The van der Waals surface area contributed by atoms with Gasteiger partial charge in [0.15, 0.2) is 0 Å². The maximum absolute atomic E-state index is 12.4. The number of nitrogens with zero attached hydrogens (tertiary/aromatic N) is 2. The third-order valence-electron chi connectivity index (χ3n) is 3.07. The van der Waals surface area contributed by atoms with Crippen LogP contribution in [0.2, 0.25) is 0 Å². The first-order valence-corrected chi connectivity index (χ1v) is 7.04. The van der Waals surface area contributed by atoms with Gasteiger partial charge in [0, 0.05) is 26.2 Å². The number of hydrogen-bond acceptors (Lipinski definition) is 1. The second-order valence-corrected chi connectivity index (χ2v) is 6.02. The van der Waals surface area contributed by atoms with Crippen LogP contribution in [0.5, 0.6) is 0 Å². The lowest BCUT2D eigenvalue weighted by molar-refractivity contribution is 0.133. The van der Waals surface area contributed by atoms with Crippen molar-refractivity contribution in [3.63, 3.8) is 0 Å². The molecule has 1 heterocycles. The van der Waals surface area contributed by atoms with E-state index in [1.54, 1.807) is 0 Å². The van der Waals surface area contributed by atoms with Crippen LogP contribution in [0.25, 0.3) is 0 Å². The molecule has 3 heteroatoms. The average molecular weight is 240 g/mol. The van der Waals surface area contributed by atoms with Crippen molar-refractivity contribution in [1.82, 2.24) is 9.80 Å². The SMILES string of the molecule is CC(C)CN(CC(C)C)C(=O)N1CCCCC1. The maximum atomic E-state index is 12.4. The number of piperidine rings is 1. The normalized spacial score (nSPS) is 16.7. The predicted octanol–water partition coefficient (Wildman–Crippen LogP) is 3.21. The Kier molecular flexibility index (Phi) is 5.79. The van der Waals surface area contributed by atoms with Crippen LogP contribution in [0.4, 0.5) is 4.79 Å². The van der Waals surface area contributed by atoms with E-state index in [0.29, 0.717) is 11.8 Å². The molecule has 17 heavy (non-hydrogen) atoms. The Morgan fingerprint density at radius 3 is 1.88 bits per heavy atom. The van der Waals surface area contributed by atoms with Crippen molar-refractivity contribution in [2.75, 3.05) is 26.2 Å². The Bertz CT molecular complexity index is 222. The number of hydrogen-bond donors (Lipinski definition) is 0. The Balaban J connectivity index is 2.56. The van der Waals surface area contributed by atoms with Crippen molar-refractivity contribution in [2.24, 2.45) is 11.8 Å². The van der Waals surface area contributed by atoms with Gasteiger partial charge in [-0.1, -0.05) is 27.7 Å². The topological polar surface area (TPSA) is 23.6 Å². The first-order valence-electron chi connectivity index (χ1n) is 7.04. The van der Waals surface area contributed by atoms with Crippen LogP contribution < -0.4 is 0 Å². The minimum atomic E-state index is 0.257. The maximum Gasteiger partial charge on any atom is 0.320 e. The number of amides is 2. The molecule has 0 radical (unpaired) electrons. The van der Waals surface area contributed by atoms with E-state index in [9.17, 15) is 4.79 Å². The number of carbonyl (C=O) groups excluding carboxylic acids is 1. The Labute approximate surface area is 106 Å². The molecule has 0 bridgehead atoms. The van der Waals surface area contributed by atoms with Crippen molar-refractivity contribution in [3.8, 4) is 0 Å². The van der Waals surface area contributed by atoms with Crippen LogP contribution in [-0.2, 0) is 0 Å². The molecule has 1 aliphatic rings. The molecule has 0 unspecified atom stereocenters. The van der Waals surface area contributed by atoms with Gasteiger partial charge in [0.05, 0.1) is 0 Å². The highest BCUT2D eigenvalue weighted by molar-refractivity contribution is 5.74. The largest absolute Gasteiger partial charge is 0.325 e. The Hall–Kier alpha value is -0.730. The summed E-state index contributed by atoms with van der Waals surface area (Å²) in [5.74, 6) is 1.09. The molecule has 0 N–H and O–H groups in total. The first-order chi connectivity index (χ1) is 8.00. The van der Waals surface area contributed by atoms with E-state index in [4.69, 9.17) is 0 Å². The van der Waals surface area contributed by atoms with E-state index < -0.39 is 0 Å². The standard InChI is InChI=1S/C14H28N2O/c1-12(2)10-16(11-13(3)4)14(17)15-8-6-5-7-9-15/h12-13H,5-11H2,1-4H3. The van der Waals surface area contributed by atoms with Gasteiger partial charge in [0.1, 0.15) is 0 Å². The number of urea groups is 1. The molecule has 1 rings (SSSR count). The van der Waals surface area contributed by atoms with Gasteiger partial charge in [-0.25, -0.2) is 4.79 Å². The summed E-state index contributed by atoms with van der Waals surface area (Å²) in [4.78, 5) is 16.5. The number of carbonyl (C=O) groups is 1. The summed E-state index contributed by atoms with van der Waals surface area (Å²) in [5, 5.41) is 0. The predicted molar refractivity (Wildman–Crippen MR) is 72.1 cm³/mol. The fourth-order valence-electron chi connectivity index (χ4n) is 2.40. The average Bonchev–Trinajstić information content (AvgIpc) is 2.27. The molecule has 0 aromatic rings. The zero-order valence-corrected chi connectivity index (χ0v) is 11.9. The van der Waals surface area contributed by atoms with Crippen molar-refractivity contribution in [3.05, 3.63) is 0 Å². The van der Waals surface area contributed by atoms with Gasteiger partial charge < -0.3 is 9.80 Å². The first kappa shape index (κ1) is 14.3. The van der Waals surface area contributed by atoms with Crippen molar-refractivity contribution >= 4 is 6.03 Å². The van der Waals surface area contributed by atoms with E-state index in [1.165, 1.54) is 19.3 Å². The molecule has 1 saturated heterocycles. The van der Waals surface area contributed by atoms with Gasteiger partial charge >= 0.3 is 6.03 Å². The summed E-state index contributed by atoms with van der Waals surface area (Å²) in [7, 11) is 0. The van der Waals surface area contributed by atoms with Gasteiger partial charge in [0.2, 0.25) is 0 Å². The van der Waals surface area contributed by atoms with Crippen LogP contribution in [0, 0.1) is 11.8 Å². The van der Waals surface area contributed by atoms with Gasteiger partial charge in [-0.3, -0.25) is 0 Å². The van der Waals surface area contributed by atoms with Crippen LogP contribution in [0.15, 0.2) is 0 Å². The fraction of sp³-hybridized carbons (Fsp3) is 0.929. The lowest BCUT2D eigenvalue weighted by Crippen LogP contribution is -2.47. The van der Waals surface area contributed by atoms with Gasteiger partial charge in [0.25, 0.3) is 0 Å². The molecular formula is C14H28N2O. The van der Waals surface area contributed by atoms with Crippen molar-refractivity contribution in [2.45, 2.75) is 47.0 Å². The summed E-state index contributed by atoms with van der Waals surface area (Å²) >= 11 is 0. The molecule has 1 fully saturated rings.